The molecule has 10 nitrogen and oxygen atoms in total. The maximum atomic E-state index is 11.8. The summed E-state index contributed by atoms with van der Waals surface area (Å²) < 4.78 is 28.8. The molecule has 0 N–H and O–H groups in total. The van der Waals surface area contributed by atoms with Gasteiger partial charge in [0.2, 0.25) is 0 Å². The number of benzene rings is 1. The van der Waals surface area contributed by atoms with Gasteiger partial charge in [0.15, 0.2) is 6.29 Å². The van der Waals surface area contributed by atoms with Gasteiger partial charge in [0.05, 0.1) is 30.8 Å². The Morgan fingerprint density at radius 3 is 2.57 bits per heavy atom. The first kappa shape index (κ1) is 22.0. The van der Waals surface area contributed by atoms with Gasteiger partial charge in [-0.15, -0.1) is 0 Å². The van der Waals surface area contributed by atoms with Gasteiger partial charge in [-0.1, -0.05) is 35.4 Å². The van der Waals surface area contributed by atoms with Crippen LogP contribution in [0.3, 0.4) is 0 Å². The van der Waals surface area contributed by atoms with E-state index in [0.717, 1.165) is 5.56 Å². The largest absolute Gasteiger partial charge is 0.463 e. The maximum absolute atomic E-state index is 11.8. The van der Waals surface area contributed by atoms with E-state index >= 15 is 0 Å². The number of hydrogen-bond donors (Lipinski definition) is 0. The van der Waals surface area contributed by atoms with E-state index in [-0.39, 0.29) is 19.3 Å². The molecule has 0 bridgehead atoms. The first-order valence-corrected chi connectivity index (χ1v) is 9.73. The van der Waals surface area contributed by atoms with Crippen LogP contribution in [-0.2, 0) is 33.3 Å². The average molecular weight is 419 g/mol. The van der Waals surface area contributed by atoms with Gasteiger partial charge in [0, 0.05) is 24.3 Å². The number of hydrogen-bond acceptors (Lipinski definition) is 8. The number of esters is 2. The summed E-state index contributed by atoms with van der Waals surface area (Å²) in [6.07, 6.45) is -3.01. The fourth-order valence-electron chi connectivity index (χ4n) is 3.90. The Balaban J connectivity index is 1.90. The van der Waals surface area contributed by atoms with Crippen molar-refractivity contribution in [1.82, 2.24) is 0 Å². The van der Waals surface area contributed by atoms with Crippen LogP contribution in [0.2, 0.25) is 0 Å². The maximum Gasteiger partial charge on any atom is 0.302 e. The Morgan fingerprint density at radius 1 is 1.20 bits per heavy atom. The molecule has 10 heteroatoms. The monoisotopic (exact) mass is 419 g/mol. The molecular weight excluding hydrogens is 394 g/mol. The molecule has 7 atom stereocenters. The summed E-state index contributed by atoms with van der Waals surface area (Å²) in [7, 11) is 0. The number of ether oxygens (including phenoxy) is 5. The molecule has 0 aromatic heterocycles. The van der Waals surface area contributed by atoms with Crippen LogP contribution in [0.15, 0.2) is 35.4 Å². The second-order valence-corrected chi connectivity index (χ2v) is 7.28. The van der Waals surface area contributed by atoms with Crippen LogP contribution in [0.5, 0.6) is 0 Å². The summed E-state index contributed by atoms with van der Waals surface area (Å²) in [6.45, 7) is 4.40. The molecule has 1 aromatic carbocycles. The van der Waals surface area contributed by atoms with E-state index in [2.05, 4.69) is 10.0 Å². The third-order valence-corrected chi connectivity index (χ3v) is 5.15. The van der Waals surface area contributed by atoms with E-state index in [0.29, 0.717) is 0 Å². The van der Waals surface area contributed by atoms with Crippen molar-refractivity contribution in [2.45, 2.75) is 57.5 Å². The third kappa shape index (κ3) is 5.09. The number of nitrogens with zero attached hydrogens (tertiary/aromatic N) is 3. The smallest absolute Gasteiger partial charge is 0.302 e. The Bertz CT molecular complexity index is 799. The van der Waals surface area contributed by atoms with Gasteiger partial charge >= 0.3 is 11.9 Å². The molecule has 2 fully saturated rings. The topological polar surface area (TPSA) is 129 Å². The highest BCUT2D eigenvalue weighted by atomic mass is 16.7. The molecule has 2 aliphatic heterocycles. The molecule has 0 amide bonds. The van der Waals surface area contributed by atoms with E-state index in [4.69, 9.17) is 29.2 Å². The van der Waals surface area contributed by atoms with Crippen molar-refractivity contribution in [3.8, 4) is 0 Å². The molecular formula is C20H25N3O7. The Labute approximate surface area is 174 Å². The van der Waals surface area contributed by atoms with Crippen molar-refractivity contribution in [1.29, 1.82) is 0 Å². The van der Waals surface area contributed by atoms with E-state index < -0.39 is 48.5 Å². The lowest BCUT2D eigenvalue weighted by atomic mass is 9.82. The summed E-state index contributed by atoms with van der Waals surface area (Å²) in [5.41, 5.74) is 9.79. The normalized spacial score (nSPS) is 33.4. The van der Waals surface area contributed by atoms with Crippen LogP contribution in [0.4, 0.5) is 0 Å². The number of carbonyl (C=O) groups is 2. The zero-order valence-electron chi connectivity index (χ0n) is 17.0. The van der Waals surface area contributed by atoms with Gasteiger partial charge < -0.3 is 23.7 Å². The molecule has 0 saturated carbocycles. The van der Waals surface area contributed by atoms with E-state index in [9.17, 15) is 9.59 Å². The van der Waals surface area contributed by atoms with Gasteiger partial charge in [-0.25, -0.2) is 0 Å². The number of azide groups is 1. The minimum atomic E-state index is -0.821. The molecule has 30 heavy (non-hydrogen) atoms. The minimum absolute atomic E-state index is 0.0223. The van der Waals surface area contributed by atoms with Crippen LogP contribution < -0.4 is 0 Å². The minimum Gasteiger partial charge on any atom is -0.463 e. The molecule has 2 heterocycles. The summed E-state index contributed by atoms with van der Waals surface area (Å²) in [5, 5.41) is 3.75. The molecule has 2 saturated heterocycles. The van der Waals surface area contributed by atoms with Gasteiger partial charge in [-0.3, -0.25) is 9.59 Å². The van der Waals surface area contributed by atoms with Gasteiger partial charge in [-0.05, 0) is 12.5 Å². The van der Waals surface area contributed by atoms with Crippen molar-refractivity contribution in [3.63, 3.8) is 0 Å². The van der Waals surface area contributed by atoms with Crippen LogP contribution in [0.1, 0.15) is 32.6 Å². The molecule has 0 aliphatic carbocycles. The standard InChI is InChI=1S/C20H25N3O7/c1-11-18(30-20(28-11)14-7-5-4-6-8-14)17-16(10-26-12(2)24)27-9-15(22-23-21)19(17)29-13(3)25/h4-8,11,15-20H,9-10H2,1-3H3/t11?,15?,16?,17-,18?,19+,20?/m0/s1. The fraction of sp³-hybridized carbons (Fsp3) is 0.600. The lowest BCUT2D eigenvalue weighted by Gasteiger charge is -2.43. The highest BCUT2D eigenvalue weighted by molar-refractivity contribution is 5.66. The lowest BCUT2D eigenvalue weighted by molar-refractivity contribution is -0.192. The second kappa shape index (κ2) is 9.90. The first-order chi connectivity index (χ1) is 14.4. The molecule has 162 valence electrons. The number of rotatable bonds is 6. The molecule has 0 spiro atoms. The SMILES string of the molecule is CC(=O)OCC1OCC(N=[N+]=[N-])[C@@H](OC(C)=O)[C@@H]1C1OC(c2ccccc2)OC1C. The molecule has 1 aromatic rings. The molecule has 3 rings (SSSR count). The Kier molecular flexibility index (Phi) is 7.28. The third-order valence-electron chi connectivity index (χ3n) is 5.15. The lowest BCUT2D eigenvalue weighted by Crippen LogP contribution is -2.57. The van der Waals surface area contributed by atoms with Gasteiger partial charge in [0.25, 0.3) is 0 Å². The fourth-order valence-corrected chi connectivity index (χ4v) is 3.90. The molecule has 5 unspecified atom stereocenters. The van der Waals surface area contributed by atoms with Crippen molar-refractivity contribution in [3.05, 3.63) is 46.3 Å². The summed E-state index contributed by atoms with van der Waals surface area (Å²) in [4.78, 5) is 26.0. The van der Waals surface area contributed by atoms with Crippen LogP contribution in [0, 0.1) is 5.92 Å². The van der Waals surface area contributed by atoms with Crippen LogP contribution in [0.25, 0.3) is 10.4 Å². The highest BCUT2D eigenvalue weighted by Gasteiger charge is 2.52. The molecule has 0 radical (unpaired) electrons. The van der Waals surface area contributed by atoms with E-state index in [1.54, 1.807) is 0 Å². The summed E-state index contributed by atoms with van der Waals surface area (Å²) >= 11 is 0. The Hall–Kier alpha value is -2.65. The quantitative estimate of drug-likeness (QED) is 0.300. The zero-order valence-corrected chi connectivity index (χ0v) is 17.0. The van der Waals surface area contributed by atoms with Crippen molar-refractivity contribution < 1.29 is 33.3 Å². The van der Waals surface area contributed by atoms with Gasteiger partial charge in [0.1, 0.15) is 18.8 Å². The first-order valence-electron chi connectivity index (χ1n) is 9.73. The summed E-state index contributed by atoms with van der Waals surface area (Å²) in [6, 6.07) is 8.69. The van der Waals surface area contributed by atoms with Gasteiger partial charge in [-0.2, -0.15) is 0 Å². The molecule has 2 aliphatic rings. The van der Waals surface area contributed by atoms with E-state index in [1.165, 1.54) is 13.8 Å². The van der Waals surface area contributed by atoms with Crippen LogP contribution in [-0.4, -0.2) is 55.6 Å². The van der Waals surface area contributed by atoms with Crippen molar-refractivity contribution in [2.75, 3.05) is 13.2 Å². The predicted octanol–water partition coefficient (Wildman–Crippen LogP) is 2.68. The van der Waals surface area contributed by atoms with Crippen molar-refractivity contribution in [2.24, 2.45) is 11.0 Å². The van der Waals surface area contributed by atoms with Crippen LogP contribution >= 0.6 is 0 Å². The Morgan fingerprint density at radius 2 is 1.93 bits per heavy atom. The average Bonchev–Trinajstić information content (AvgIpc) is 3.09. The van der Waals surface area contributed by atoms with Crippen molar-refractivity contribution >= 4 is 11.9 Å². The van der Waals surface area contributed by atoms with E-state index in [1.807, 2.05) is 37.3 Å². The predicted molar refractivity (Wildman–Crippen MR) is 103 cm³/mol. The second-order valence-electron chi connectivity index (χ2n) is 7.28. The summed E-state index contributed by atoms with van der Waals surface area (Å²) in [5.74, 6) is -1.57. The number of carbonyl (C=O) groups excluding carboxylic acids is 2. The zero-order chi connectivity index (χ0) is 21.7. The highest BCUT2D eigenvalue weighted by Crippen LogP contribution is 2.40.